The van der Waals surface area contributed by atoms with E-state index in [-0.39, 0.29) is 11.9 Å². The van der Waals surface area contributed by atoms with Crippen LogP contribution in [0.25, 0.3) is 0 Å². The van der Waals surface area contributed by atoms with E-state index in [2.05, 4.69) is 32.2 Å². The molecule has 0 bridgehead atoms. The van der Waals surface area contributed by atoms with Crippen LogP contribution in [-0.2, 0) is 11.2 Å². The van der Waals surface area contributed by atoms with E-state index in [4.69, 9.17) is 0 Å². The van der Waals surface area contributed by atoms with Gasteiger partial charge in [0.25, 0.3) is 0 Å². The van der Waals surface area contributed by atoms with Crippen molar-refractivity contribution >= 4 is 17.3 Å². The standard InChI is InChI=1S/C13H18N2O/c1-4-10-6-5-7-11-13(10)15(9(2)3)12(16)8-14-11/h5-7,9,14H,4,8H2,1-3H3. The molecule has 1 N–H and O–H groups in total. The molecule has 3 nitrogen and oxygen atoms in total. The number of nitrogens with one attached hydrogen (secondary N) is 1. The van der Waals surface area contributed by atoms with Crippen molar-refractivity contribution < 1.29 is 4.79 Å². The van der Waals surface area contributed by atoms with Gasteiger partial charge in [-0.3, -0.25) is 4.79 Å². The molecule has 86 valence electrons. The number of carbonyl (C=O) groups excluding carboxylic acids is 1. The summed E-state index contributed by atoms with van der Waals surface area (Å²) in [7, 11) is 0. The number of para-hydroxylation sites is 1. The van der Waals surface area contributed by atoms with E-state index in [1.165, 1.54) is 5.56 Å². The van der Waals surface area contributed by atoms with Crippen LogP contribution in [0.1, 0.15) is 26.3 Å². The molecule has 1 aromatic carbocycles. The zero-order valence-electron chi connectivity index (χ0n) is 10.1. The van der Waals surface area contributed by atoms with Crippen LogP contribution in [0.3, 0.4) is 0 Å². The minimum Gasteiger partial charge on any atom is -0.374 e. The Morgan fingerprint density at radius 1 is 1.44 bits per heavy atom. The molecule has 0 unspecified atom stereocenters. The molecule has 1 heterocycles. The maximum Gasteiger partial charge on any atom is 0.246 e. The number of hydrogen-bond donors (Lipinski definition) is 1. The molecule has 0 fully saturated rings. The quantitative estimate of drug-likeness (QED) is 0.826. The Bertz CT molecular complexity index is 398. The summed E-state index contributed by atoms with van der Waals surface area (Å²) in [6, 6.07) is 6.38. The predicted molar refractivity (Wildman–Crippen MR) is 66.9 cm³/mol. The van der Waals surface area contributed by atoms with Gasteiger partial charge >= 0.3 is 0 Å². The van der Waals surface area contributed by atoms with Gasteiger partial charge in [0.2, 0.25) is 5.91 Å². The molecule has 0 aliphatic carbocycles. The predicted octanol–water partition coefficient (Wildman–Crippen LogP) is 2.42. The summed E-state index contributed by atoms with van der Waals surface area (Å²) in [4.78, 5) is 13.8. The van der Waals surface area contributed by atoms with Crippen LogP contribution in [0.2, 0.25) is 0 Å². The Kier molecular flexibility index (Phi) is 2.86. The van der Waals surface area contributed by atoms with Gasteiger partial charge in [-0.05, 0) is 31.9 Å². The van der Waals surface area contributed by atoms with Crippen molar-refractivity contribution in [3.8, 4) is 0 Å². The second-order valence-electron chi connectivity index (χ2n) is 4.38. The molecule has 1 aliphatic rings. The molecular formula is C13H18N2O. The first-order chi connectivity index (χ1) is 7.65. The Balaban J connectivity index is 2.56. The average Bonchev–Trinajstić information content (AvgIpc) is 2.27. The van der Waals surface area contributed by atoms with E-state index in [1.54, 1.807) is 0 Å². The van der Waals surface area contributed by atoms with Crippen molar-refractivity contribution in [3.63, 3.8) is 0 Å². The molecular weight excluding hydrogens is 200 g/mol. The van der Waals surface area contributed by atoms with Crippen LogP contribution in [0, 0.1) is 0 Å². The number of benzene rings is 1. The van der Waals surface area contributed by atoms with E-state index in [9.17, 15) is 4.79 Å². The van der Waals surface area contributed by atoms with Gasteiger partial charge < -0.3 is 10.2 Å². The highest BCUT2D eigenvalue weighted by atomic mass is 16.2. The van der Waals surface area contributed by atoms with Crippen LogP contribution in [0.4, 0.5) is 11.4 Å². The summed E-state index contributed by atoms with van der Waals surface area (Å²) < 4.78 is 0. The summed E-state index contributed by atoms with van der Waals surface area (Å²) in [5.74, 6) is 0.156. The highest BCUT2D eigenvalue weighted by molar-refractivity contribution is 6.03. The molecule has 0 saturated heterocycles. The first-order valence-electron chi connectivity index (χ1n) is 5.83. The van der Waals surface area contributed by atoms with Crippen molar-refractivity contribution in [2.24, 2.45) is 0 Å². The summed E-state index contributed by atoms with van der Waals surface area (Å²) in [5, 5.41) is 3.18. The minimum atomic E-state index is 0.156. The highest BCUT2D eigenvalue weighted by Crippen LogP contribution is 2.34. The smallest absolute Gasteiger partial charge is 0.246 e. The SMILES string of the molecule is CCc1cccc2c1N(C(C)C)C(=O)CN2. The van der Waals surface area contributed by atoms with Crippen LogP contribution in [0.15, 0.2) is 18.2 Å². The number of anilines is 2. The molecule has 1 aromatic rings. The zero-order valence-corrected chi connectivity index (χ0v) is 10.1. The van der Waals surface area contributed by atoms with Crippen molar-refractivity contribution in [3.05, 3.63) is 23.8 Å². The highest BCUT2D eigenvalue weighted by Gasteiger charge is 2.27. The zero-order chi connectivity index (χ0) is 11.7. The molecule has 0 radical (unpaired) electrons. The van der Waals surface area contributed by atoms with Crippen molar-refractivity contribution in [1.29, 1.82) is 0 Å². The second-order valence-corrected chi connectivity index (χ2v) is 4.38. The Hall–Kier alpha value is -1.51. The van der Waals surface area contributed by atoms with Gasteiger partial charge in [0, 0.05) is 6.04 Å². The fraction of sp³-hybridized carbons (Fsp3) is 0.462. The van der Waals surface area contributed by atoms with Gasteiger partial charge in [0.05, 0.1) is 17.9 Å². The second kappa shape index (κ2) is 4.16. The topological polar surface area (TPSA) is 32.3 Å². The van der Waals surface area contributed by atoms with Crippen LogP contribution >= 0.6 is 0 Å². The van der Waals surface area contributed by atoms with E-state index < -0.39 is 0 Å². The van der Waals surface area contributed by atoms with Crippen molar-refractivity contribution in [2.75, 3.05) is 16.8 Å². The lowest BCUT2D eigenvalue weighted by Gasteiger charge is -2.35. The Morgan fingerprint density at radius 2 is 2.19 bits per heavy atom. The van der Waals surface area contributed by atoms with Gasteiger partial charge in [-0.2, -0.15) is 0 Å². The minimum absolute atomic E-state index is 0.156. The number of fused-ring (bicyclic) bond motifs is 1. The lowest BCUT2D eigenvalue weighted by molar-refractivity contribution is -0.117. The molecule has 1 aliphatic heterocycles. The largest absolute Gasteiger partial charge is 0.374 e. The van der Waals surface area contributed by atoms with Gasteiger partial charge in [-0.25, -0.2) is 0 Å². The molecule has 1 amide bonds. The van der Waals surface area contributed by atoms with E-state index in [1.807, 2.05) is 17.0 Å². The fourth-order valence-electron chi connectivity index (χ4n) is 2.23. The molecule has 0 aromatic heterocycles. The number of rotatable bonds is 2. The average molecular weight is 218 g/mol. The first-order valence-corrected chi connectivity index (χ1v) is 5.83. The molecule has 3 heteroatoms. The molecule has 16 heavy (non-hydrogen) atoms. The third-order valence-electron chi connectivity index (χ3n) is 2.96. The van der Waals surface area contributed by atoms with E-state index in [0.29, 0.717) is 6.54 Å². The summed E-state index contributed by atoms with van der Waals surface area (Å²) in [6.45, 7) is 6.63. The number of aryl methyl sites for hydroxylation is 1. The number of hydrogen-bond acceptors (Lipinski definition) is 2. The maximum atomic E-state index is 11.9. The summed E-state index contributed by atoms with van der Waals surface area (Å²) >= 11 is 0. The van der Waals surface area contributed by atoms with Crippen LogP contribution < -0.4 is 10.2 Å². The number of nitrogens with zero attached hydrogens (tertiary/aromatic N) is 1. The monoisotopic (exact) mass is 218 g/mol. The van der Waals surface area contributed by atoms with E-state index in [0.717, 1.165) is 17.8 Å². The lowest BCUT2D eigenvalue weighted by atomic mass is 10.0. The van der Waals surface area contributed by atoms with Crippen LogP contribution in [-0.4, -0.2) is 18.5 Å². The summed E-state index contributed by atoms with van der Waals surface area (Å²) in [5.41, 5.74) is 3.37. The Morgan fingerprint density at radius 3 is 2.81 bits per heavy atom. The van der Waals surface area contributed by atoms with Gasteiger partial charge in [0.15, 0.2) is 0 Å². The van der Waals surface area contributed by atoms with Gasteiger partial charge in [-0.15, -0.1) is 0 Å². The molecule has 0 atom stereocenters. The number of amides is 1. The third kappa shape index (κ3) is 1.66. The molecule has 0 saturated carbocycles. The molecule has 0 spiro atoms. The van der Waals surface area contributed by atoms with Gasteiger partial charge in [-0.1, -0.05) is 19.1 Å². The van der Waals surface area contributed by atoms with Crippen LogP contribution in [0.5, 0.6) is 0 Å². The normalized spacial score (nSPS) is 15.0. The van der Waals surface area contributed by atoms with Crippen molar-refractivity contribution in [1.82, 2.24) is 0 Å². The van der Waals surface area contributed by atoms with Gasteiger partial charge in [0.1, 0.15) is 0 Å². The van der Waals surface area contributed by atoms with Crippen molar-refractivity contribution in [2.45, 2.75) is 33.2 Å². The third-order valence-corrected chi connectivity index (χ3v) is 2.96. The van der Waals surface area contributed by atoms with E-state index >= 15 is 0 Å². The number of carbonyl (C=O) groups is 1. The maximum absolute atomic E-state index is 11.9. The lowest BCUT2D eigenvalue weighted by Crippen LogP contribution is -2.44. The fourth-order valence-corrected chi connectivity index (χ4v) is 2.23. The first kappa shape index (κ1) is 11.0. The Labute approximate surface area is 96.5 Å². The summed E-state index contributed by atoms with van der Waals surface area (Å²) in [6.07, 6.45) is 0.946. The molecule has 2 rings (SSSR count).